The monoisotopic (exact) mass is 397 g/mol. The summed E-state index contributed by atoms with van der Waals surface area (Å²) in [6.07, 6.45) is 2.40. The summed E-state index contributed by atoms with van der Waals surface area (Å²) in [4.78, 5) is 26.7. The maximum absolute atomic E-state index is 12.5. The van der Waals surface area contributed by atoms with Gasteiger partial charge in [-0.3, -0.25) is 4.90 Å². The van der Waals surface area contributed by atoms with Crippen LogP contribution in [0.25, 0.3) is 0 Å². The second kappa shape index (κ2) is 8.32. The molecule has 0 aromatic rings. The topological polar surface area (TPSA) is 117 Å². The van der Waals surface area contributed by atoms with Crippen LogP contribution in [0.4, 0.5) is 0 Å². The minimum absolute atomic E-state index is 0.123. The van der Waals surface area contributed by atoms with E-state index in [4.69, 9.17) is 9.47 Å². The maximum atomic E-state index is 12.5. The lowest BCUT2D eigenvalue weighted by Crippen LogP contribution is -2.63. The summed E-state index contributed by atoms with van der Waals surface area (Å²) in [6.45, 7) is 8.42. The quantitative estimate of drug-likeness (QED) is 0.319. The predicted octanol–water partition coefficient (Wildman–Crippen LogP) is 0.305. The van der Waals surface area contributed by atoms with Crippen molar-refractivity contribution in [3.8, 4) is 0 Å². The Labute approximate surface area is 165 Å². The second-order valence-corrected chi connectivity index (χ2v) is 8.00. The van der Waals surface area contributed by atoms with Crippen molar-refractivity contribution < 1.29 is 34.4 Å². The molecule has 4 atom stereocenters. The molecule has 2 aliphatic heterocycles. The molecule has 0 aliphatic carbocycles. The number of aliphatic hydroxyl groups is 3. The first kappa shape index (κ1) is 22.5. The van der Waals surface area contributed by atoms with Gasteiger partial charge in [-0.05, 0) is 46.6 Å². The summed E-state index contributed by atoms with van der Waals surface area (Å²) in [5.41, 5.74) is -3.06. The molecule has 0 bridgehead atoms. The zero-order chi connectivity index (χ0) is 21.3. The lowest BCUT2D eigenvalue weighted by Gasteiger charge is -2.38. The molecular formula is C20H31NO7. The van der Waals surface area contributed by atoms with Gasteiger partial charge in [0.2, 0.25) is 5.60 Å². The van der Waals surface area contributed by atoms with Gasteiger partial charge >= 0.3 is 11.9 Å². The van der Waals surface area contributed by atoms with E-state index in [9.17, 15) is 24.9 Å². The molecule has 2 heterocycles. The molecule has 0 saturated carbocycles. The van der Waals surface area contributed by atoms with Gasteiger partial charge in [0.05, 0.1) is 12.1 Å². The van der Waals surface area contributed by atoms with Crippen LogP contribution >= 0.6 is 0 Å². The standard InChI is InChI=1S/C20H31NO7/c1-6-12(2)17(23)28-15-8-10-21-9-7-14(16(15)21)11-27-18(24)20(26,13(3)22)19(4,5)25/h6-7,13,15-16,22,25-26H,8-11H2,1-5H3/b12-6-/t13-,15-,16+,20-/m0/s1. The van der Waals surface area contributed by atoms with E-state index >= 15 is 0 Å². The summed E-state index contributed by atoms with van der Waals surface area (Å²) in [5, 5.41) is 30.5. The Hall–Kier alpha value is -1.74. The number of hydrogen-bond donors (Lipinski definition) is 3. The molecule has 8 heteroatoms. The van der Waals surface area contributed by atoms with Gasteiger partial charge in [-0.1, -0.05) is 12.2 Å². The number of carbonyl (C=O) groups is 2. The molecule has 3 N–H and O–H groups in total. The number of carbonyl (C=O) groups excluding carboxylic acids is 2. The van der Waals surface area contributed by atoms with E-state index in [-0.39, 0.29) is 24.7 Å². The highest BCUT2D eigenvalue weighted by Gasteiger charge is 2.54. The van der Waals surface area contributed by atoms with Crippen LogP contribution in [0.3, 0.4) is 0 Å². The van der Waals surface area contributed by atoms with Gasteiger partial charge in [-0.2, -0.15) is 0 Å². The third-order valence-corrected chi connectivity index (χ3v) is 5.65. The van der Waals surface area contributed by atoms with Crippen LogP contribution < -0.4 is 0 Å². The molecule has 158 valence electrons. The number of nitrogens with zero attached hydrogens (tertiary/aromatic N) is 1. The fraction of sp³-hybridized carbons (Fsp3) is 0.700. The molecule has 0 spiro atoms. The van der Waals surface area contributed by atoms with Crippen LogP contribution in [0, 0.1) is 0 Å². The van der Waals surface area contributed by atoms with Gasteiger partial charge < -0.3 is 24.8 Å². The average Bonchev–Trinajstić information content (AvgIpc) is 3.20. The fourth-order valence-corrected chi connectivity index (χ4v) is 3.66. The van der Waals surface area contributed by atoms with Crippen molar-refractivity contribution in [2.45, 2.75) is 70.5 Å². The minimum Gasteiger partial charge on any atom is -0.459 e. The van der Waals surface area contributed by atoms with Crippen molar-refractivity contribution in [2.75, 3.05) is 19.7 Å². The van der Waals surface area contributed by atoms with Crippen molar-refractivity contribution >= 4 is 11.9 Å². The van der Waals surface area contributed by atoms with Gasteiger partial charge in [0.25, 0.3) is 0 Å². The van der Waals surface area contributed by atoms with Gasteiger partial charge in [0, 0.05) is 18.7 Å². The molecule has 0 radical (unpaired) electrons. The van der Waals surface area contributed by atoms with E-state index in [0.717, 1.165) is 12.1 Å². The highest BCUT2D eigenvalue weighted by Crippen LogP contribution is 2.33. The summed E-state index contributed by atoms with van der Waals surface area (Å²) in [5.74, 6) is -1.48. The second-order valence-electron chi connectivity index (χ2n) is 8.00. The Morgan fingerprint density at radius 1 is 1.39 bits per heavy atom. The molecule has 1 fully saturated rings. The zero-order valence-electron chi connectivity index (χ0n) is 17.1. The SMILES string of the molecule is C/C=C(/C)C(=O)O[C@H]1CCN2CC=C(COC(=O)[C@@](O)([C@H](C)O)C(C)(C)O)[C@H]12. The van der Waals surface area contributed by atoms with Crippen molar-refractivity contribution in [3.63, 3.8) is 0 Å². The Kier molecular flexibility index (Phi) is 6.70. The maximum Gasteiger partial charge on any atom is 0.344 e. The van der Waals surface area contributed by atoms with Crippen LogP contribution in [-0.4, -0.2) is 81.3 Å². The number of rotatable bonds is 7. The normalized spacial score (nSPS) is 26.3. The van der Waals surface area contributed by atoms with Gasteiger partial charge in [0.1, 0.15) is 18.3 Å². The predicted molar refractivity (Wildman–Crippen MR) is 101 cm³/mol. The third-order valence-electron chi connectivity index (χ3n) is 5.65. The highest BCUT2D eigenvalue weighted by molar-refractivity contribution is 5.87. The number of ether oxygens (including phenoxy) is 2. The highest BCUT2D eigenvalue weighted by atomic mass is 16.6. The fourth-order valence-electron chi connectivity index (χ4n) is 3.66. The zero-order valence-corrected chi connectivity index (χ0v) is 17.1. The van der Waals surface area contributed by atoms with E-state index in [1.54, 1.807) is 19.9 Å². The van der Waals surface area contributed by atoms with E-state index in [1.807, 2.05) is 6.08 Å². The van der Waals surface area contributed by atoms with Crippen LogP contribution in [0.15, 0.2) is 23.3 Å². The molecule has 0 unspecified atom stereocenters. The molecule has 28 heavy (non-hydrogen) atoms. The van der Waals surface area contributed by atoms with Crippen LogP contribution in [-0.2, 0) is 19.1 Å². The Morgan fingerprint density at radius 3 is 2.57 bits per heavy atom. The first-order chi connectivity index (χ1) is 12.9. The summed E-state index contributed by atoms with van der Waals surface area (Å²) >= 11 is 0. The number of aliphatic hydroxyl groups excluding tert-OH is 1. The van der Waals surface area contributed by atoms with Crippen LogP contribution in [0.2, 0.25) is 0 Å². The van der Waals surface area contributed by atoms with Gasteiger partial charge in [0.15, 0.2) is 0 Å². The van der Waals surface area contributed by atoms with Gasteiger partial charge in [-0.25, -0.2) is 9.59 Å². The average molecular weight is 397 g/mol. The molecule has 0 amide bonds. The van der Waals surface area contributed by atoms with E-state index in [0.29, 0.717) is 18.5 Å². The molecule has 2 aliphatic rings. The Bertz CT molecular complexity index is 677. The molecular weight excluding hydrogens is 366 g/mol. The minimum atomic E-state index is -2.46. The van der Waals surface area contributed by atoms with Crippen molar-refractivity contribution in [2.24, 2.45) is 0 Å². The molecule has 8 nitrogen and oxygen atoms in total. The molecule has 1 saturated heterocycles. The summed E-state index contributed by atoms with van der Waals surface area (Å²) < 4.78 is 10.9. The molecule has 2 rings (SSSR count). The number of fused-ring (bicyclic) bond motifs is 1. The van der Waals surface area contributed by atoms with E-state index < -0.39 is 23.3 Å². The third kappa shape index (κ3) is 4.15. The number of esters is 2. The first-order valence-electron chi connectivity index (χ1n) is 9.50. The molecule has 0 aromatic carbocycles. The van der Waals surface area contributed by atoms with E-state index in [2.05, 4.69) is 4.90 Å². The van der Waals surface area contributed by atoms with Crippen LogP contribution in [0.1, 0.15) is 41.0 Å². The van der Waals surface area contributed by atoms with Crippen molar-refractivity contribution in [3.05, 3.63) is 23.3 Å². The van der Waals surface area contributed by atoms with Crippen molar-refractivity contribution in [1.82, 2.24) is 4.90 Å². The van der Waals surface area contributed by atoms with Crippen molar-refractivity contribution in [1.29, 1.82) is 0 Å². The Balaban J connectivity index is 2.06. The lowest BCUT2D eigenvalue weighted by atomic mass is 9.81. The molecule has 0 aromatic heterocycles. The van der Waals surface area contributed by atoms with E-state index in [1.165, 1.54) is 20.8 Å². The first-order valence-corrected chi connectivity index (χ1v) is 9.50. The summed E-state index contributed by atoms with van der Waals surface area (Å²) in [7, 11) is 0. The summed E-state index contributed by atoms with van der Waals surface area (Å²) in [6, 6.07) is -0.191. The smallest absolute Gasteiger partial charge is 0.344 e. The lowest BCUT2D eigenvalue weighted by molar-refractivity contribution is -0.213. The number of allylic oxidation sites excluding steroid dienone is 1. The largest absolute Gasteiger partial charge is 0.459 e. The number of hydrogen-bond acceptors (Lipinski definition) is 8. The van der Waals surface area contributed by atoms with Crippen LogP contribution in [0.5, 0.6) is 0 Å². The van der Waals surface area contributed by atoms with Gasteiger partial charge in [-0.15, -0.1) is 0 Å². The Morgan fingerprint density at radius 2 is 2.04 bits per heavy atom.